The van der Waals surface area contributed by atoms with E-state index in [-0.39, 0.29) is 18.2 Å². The molecular formula is C16H30N2O3. The summed E-state index contributed by atoms with van der Waals surface area (Å²) in [5.41, 5.74) is -0.458. The monoisotopic (exact) mass is 298 g/mol. The molecule has 1 aliphatic heterocycles. The van der Waals surface area contributed by atoms with Gasteiger partial charge in [0, 0.05) is 19.1 Å². The molecule has 1 aliphatic rings. The van der Waals surface area contributed by atoms with E-state index in [0.717, 1.165) is 32.2 Å². The van der Waals surface area contributed by atoms with Crippen molar-refractivity contribution in [3.05, 3.63) is 12.3 Å². The Bertz CT molecular complexity index is 337. The van der Waals surface area contributed by atoms with E-state index >= 15 is 0 Å². The number of rotatable bonds is 7. The second-order valence-electron chi connectivity index (χ2n) is 6.48. The third-order valence-corrected chi connectivity index (χ3v) is 3.19. The third kappa shape index (κ3) is 8.60. The summed E-state index contributed by atoms with van der Waals surface area (Å²) in [4.78, 5) is 11.7. The van der Waals surface area contributed by atoms with Gasteiger partial charge < -0.3 is 20.1 Å². The van der Waals surface area contributed by atoms with E-state index in [9.17, 15) is 4.79 Å². The first-order chi connectivity index (χ1) is 9.90. The third-order valence-electron chi connectivity index (χ3n) is 3.19. The van der Waals surface area contributed by atoms with Gasteiger partial charge in [0.25, 0.3) is 0 Å². The molecule has 1 heterocycles. The van der Waals surface area contributed by atoms with Crippen molar-refractivity contribution in [1.82, 2.24) is 10.6 Å². The summed E-state index contributed by atoms with van der Waals surface area (Å²) in [5, 5.41) is 6.31. The van der Waals surface area contributed by atoms with E-state index in [2.05, 4.69) is 17.6 Å². The SMILES string of the molecule is CCCC(CNC(=O)OC(C)(C)C)NCC1CCC=CO1. The molecular weight excluding hydrogens is 268 g/mol. The predicted octanol–water partition coefficient (Wildman–Crippen LogP) is 2.96. The minimum Gasteiger partial charge on any atom is -0.497 e. The lowest BCUT2D eigenvalue weighted by Crippen LogP contribution is -2.45. The zero-order valence-electron chi connectivity index (χ0n) is 13.8. The summed E-state index contributed by atoms with van der Waals surface area (Å²) in [6.45, 7) is 9.12. The summed E-state index contributed by atoms with van der Waals surface area (Å²) in [6.07, 6.45) is 7.90. The Kier molecular flexibility index (Phi) is 7.57. The van der Waals surface area contributed by atoms with Crippen LogP contribution >= 0.6 is 0 Å². The Morgan fingerprint density at radius 3 is 2.81 bits per heavy atom. The molecule has 0 aliphatic carbocycles. The Hall–Kier alpha value is -1.23. The van der Waals surface area contributed by atoms with Crippen molar-refractivity contribution in [2.75, 3.05) is 13.1 Å². The second-order valence-corrected chi connectivity index (χ2v) is 6.48. The number of nitrogens with one attached hydrogen (secondary N) is 2. The van der Waals surface area contributed by atoms with Gasteiger partial charge in [-0.25, -0.2) is 4.79 Å². The lowest BCUT2D eigenvalue weighted by Gasteiger charge is -2.25. The summed E-state index contributed by atoms with van der Waals surface area (Å²) < 4.78 is 10.8. The molecule has 0 aromatic heterocycles. The molecule has 0 bridgehead atoms. The Balaban J connectivity index is 2.28. The van der Waals surface area contributed by atoms with Gasteiger partial charge in [-0.2, -0.15) is 0 Å². The van der Waals surface area contributed by atoms with Gasteiger partial charge in [-0.15, -0.1) is 0 Å². The number of alkyl carbamates (subject to hydrolysis) is 1. The van der Waals surface area contributed by atoms with E-state index in [1.807, 2.05) is 26.8 Å². The van der Waals surface area contributed by atoms with Crippen LogP contribution in [0.5, 0.6) is 0 Å². The Morgan fingerprint density at radius 2 is 2.24 bits per heavy atom. The molecule has 1 amide bonds. The Labute approximate surface area is 128 Å². The van der Waals surface area contributed by atoms with Crippen molar-refractivity contribution >= 4 is 6.09 Å². The van der Waals surface area contributed by atoms with Crippen molar-refractivity contribution in [2.45, 2.75) is 71.1 Å². The molecule has 5 nitrogen and oxygen atoms in total. The lowest BCUT2D eigenvalue weighted by atomic mass is 10.1. The topological polar surface area (TPSA) is 59.6 Å². The number of hydrogen-bond donors (Lipinski definition) is 2. The average Bonchev–Trinajstić information content (AvgIpc) is 2.41. The molecule has 1 rings (SSSR count). The number of allylic oxidation sites excluding steroid dienone is 1. The zero-order valence-corrected chi connectivity index (χ0v) is 13.8. The molecule has 21 heavy (non-hydrogen) atoms. The maximum absolute atomic E-state index is 11.7. The van der Waals surface area contributed by atoms with Gasteiger partial charge in [0.2, 0.25) is 0 Å². The van der Waals surface area contributed by atoms with Crippen molar-refractivity contribution in [2.24, 2.45) is 0 Å². The summed E-state index contributed by atoms with van der Waals surface area (Å²) in [6, 6.07) is 0.247. The van der Waals surface area contributed by atoms with E-state index < -0.39 is 5.60 Å². The largest absolute Gasteiger partial charge is 0.497 e. The number of carbonyl (C=O) groups is 1. The van der Waals surface area contributed by atoms with Crippen LogP contribution in [-0.4, -0.2) is 36.9 Å². The number of amides is 1. The van der Waals surface area contributed by atoms with Crippen LogP contribution in [0.25, 0.3) is 0 Å². The van der Waals surface area contributed by atoms with Gasteiger partial charge in [-0.05, 0) is 46.1 Å². The maximum atomic E-state index is 11.7. The zero-order chi connectivity index (χ0) is 15.7. The molecule has 0 saturated carbocycles. The summed E-state index contributed by atoms with van der Waals surface area (Å²) in [7, 11) is 0. The fourth-order valence-corrected chi connectivity index (χ4v) is 2.18. The highest BCUT2D eigenvalue weighted by molar-refractivity contribution is 5.67. The molecule has 0 aromatic carbocycles. The first-order valence-electron chi connectivity index (χ1n) is 7.91. The molecule has 2 N–H and O–H groups in total. The molecule has 2 unspecified atom stereocenters. The lowest BCUT2D eigenvalue weighted by molar-refractivity contribution is 0.0520. The van der Waals surface area contributed by atoms with Crippen LogP contribution in [0.2, 0.25) is 0 Å². The fourth-order valence-electron chi connectivity index (χ4n) is 2.18. The summed E-state index contributed by atoms with van der Waals surface area (Å²) >= 11 is 0. The average molecular weight is 298 g/mol. The minimum absolute atomic E-state index is 0.232. The Morgan fingerprint density at radius 1 is 1.48 bits per heavy atom. The van der Waals surface area contributed by atoms with Crippen molar-refractivity contribution < 1.29 is 14.3 Å². The normalized spacial score (nSPS) is 19.7. The molecule has 0 fully saturated rings. The van der Waals surface area contributed by atoms with Crippen LogP contribution in [0, 0.1) is 0 Å². The molecule has 122 valence electrons. The summed E-state index contributed by atoms with van der Waals surface area (Å²) in [5.74, 6) is 0. The molecule has 0 radical (unpaired) electrons. The molecule has 2 atom stereocenters. The van der Waals surface area contributed by atoms with Crippen LogP contribution in [0.15, 0.2) is 12.3 Å². The van der Waals surface area contributed by atoms with Crippen LogP contribution < -0.4 is 10.6 Å². The maximum Gasteiger partial charge on any atom is 0.407 e. The molecule has 5 heteroatoms. The highest BCUT2D eigenvalue weighted by Gasteiger charge is 2.18. The van der Waals surface area contributed by atoms with Crippen molar-refractivity contribution in [3.8, 4) is 0 Å². The molecule has 0 aromatic rings. The molecule has 0 spiro atoms. The van der Waals surface area contributed by atoms with Crippen LogP contribution in [0.3, 0.4) is 0 Å². The van der Waals surface area contributed by atoms with Gasteiger partial charge in [-0.1, -0.05) is 13.3 Å². The predicted molar refractivity (Wildman–Crippen MR) is 84.2 cm³/mol. The number of carbonyl (C=O) groups excluding carboxylic acids is 1. The number of hydrogen-bond acceptors (Lipinski definition) is 4. The van der Waals surface area contributed by atoms with E-state index in [1.165, 1.54) is 0 Å². The fraction of sp³-hybridized carbons (Fsp3) is 0.812. The minimum atomic E-state index is -0.458. The quantitative estimate of drug-likeness (QED) is 0.758. The highest BCUT2D eigenvalue weighted by atomic mass is 16.6. The van der Waals surface area contributed by atoms with E-state index in [1.54, 1.807) is 6.26 Å². The van der Waals surface area contributed by atoms with Crippen molar-refractivity contribution in [3.63, 3.8) is 0 Å². The first-order valence-corrected chi connectivity index (χ1v) is 7.91. The van der Waals surface area contributed by atoms with Crippen LogP contribution in [0.4, 0.5) is 4.79 Å². The van der Waals surface area contributed by atoms with Crippen LogP contribution in [-0.2, 0) is 9.47 Å². The van der Waals surface area contributed by atoms with E-state index in [0.29, 0.717) is 6.54 Å². The standard InChI is InChI=1S/C16H30N2O3/c1-5-8-13(11-18-15(19)21-16(2,3)4)17-12-14-9-6-7-10-20-14/h7,10,13-14,17H,5-6,8-9,11-12H2,1-4H3,(H,18,19). The van der Waals surface area contributed by atoms with Crippen LogP contribution in [0.1, 0.15) is 53.4 Å². The highest BCUT2D eigenvalue weighted by Crippen LogP contribution is 2.10. The second kappa shape index (κ2) is 8.93. The smallest absolute Gasteiger partial charge is 0.407 e. The van der Waals surface area contributed by atoms with E-state index in [4.69, 9.17) is 9.47 Å². The van der Waals surface area contributed by atoms with Crippen molar-refractivity contribution in [1.29, 1.82) is 0 Å². The van der Waals surface area contributed by atoms with Gasteiger partial charge >= 0.3 is 6.09 Å². The van der Waals surface area contributed by atoms with Gasteiger partial charge in [0.05, 0.1) is 6.26 Å². The number of ether oxygens (including phenoxy) is 2. The molecule has 0 saturated heterocycles. The van der Waals surface area contributed by atoms with Gasteiger partial charge in [-0.3, -0.25) is 0 Å². The first kappa shape index (κ1) is 17.8. The van der Waals surface area contributed by atoms with Gasteiger partial charge in [0.15, 0.2) is 0 Å². The van der Waals surface area contributed by atoms with Gasteiger partial charge in [0.1, 0.15) is 11.7 Å².